The number of aryl methyl sites for hydroxylation is 2. The fourth-order valence-electron chi connectivity index (χ4n) is 2.81. The fourth-order valence-corrected chi connectivity index (χ4v) is 2.81. The van der Waals surface area contributed by atoms with Crippen molar-refractivity contribution in [3.8, 4) is 0 Å². The van der Waals surface area contributed by atoms with Crippen molar-refractivity contribution in [3.63, 3.8) is 0 Å². The van der Waals surface area contributed by atoms with E-state index in [1.165, 1.54) is 0 Å². The molecule has 0 saturated carbocycles. The summed E-state index contributed by atoms with van der Waals surface area (Å²) in [6.07, 6.45) is 2.12. The van der Waals surface area contributed by atoms with Crippen LogP contribution in [-0.4, -0.2) is 16.6 Å². The number of carbonyl (C=O) groups is 2. The number of aromatic nitrogens is 1. The quantitative estimate of drug-likeness (QED) is 0.556. The first-order valence-corrected chi connectivity index (χ1v) is 8.84. The van der Waals surface area contributed by atoms with Gasteiger partial charge in [0.15, 0.2) is 11.6 Å². The van der Waals surface area contributed by atoms with Crippen LogP contribution in [0.3, 0.4) is 0 Å². The minimum atomic E-state index is -0.0356. The van der Waals surface area contributed by atoms with E-state index < -0.39 is 0 Å². The summed E-state index contributed by atoms with van der Waals surface area (Å²) in [6, 6.07) is 24.9. The van der Waals surface area contributed by atoms with Crippen molar-refractivity contribution in [1.82, 2.24) is 4.98 Å². The maximum absolute atomic E-state index is 12.4. The third-order valence-electron chi connectivity index (χ3n) is 4.29. The molecule has 0 bridgehead atoms. The molecule has 0 fully saturated rings. The second kappa shape index (κ2) is 8.86. The maximum Gasteiger partial charge on any atom is 0.181 e. The van der Waals surface area contributed by atoms with E-state index in [1.807, 2.05) is 60.7 Å². The molecule has 0 aliphatic heterocycles. The van der Waals surface area contributed by atoms with Crippen molar-refractivity contribution in [2.45, 2.75) is 25.7 Å². The summed E-state index contributed by atoms with van der Waals surface area (Å²) in [4.78, 5) is 29.1. The Kier molecular flexibility index (Phi) is 6.05. The molecule has 3 heteroatoms. The predicted molar refractivity (Wildman–Crippen MR) is 102 cm³/mol. The highest BCUT2D eigenvalue weighted by Crippen LogP contribution is 2.11. The van der Waals surface area contributed by atoms with E-state index in [0.29, 0.717) is 37.1 Å². The first kappa shape index (κ1) is 17.7. The van der Waals surface area contributed by atoms with Gasteiger partial charge >= 0.3 is 0 Å². The molecule has 26 heavy (non-hydrogen) atoms. The number of nitrogens with zero attached hydrogens (tertiary/aromatic N) is 1. The lowest BCUT2D eigenvalue weighted by Crippen LogP contribution is -2.09. The van der Waals surface area contributed by atoms with Gasteiger partial charge in [-0.25, -0.2) is 4.98 Å². The minimum Gasteiger partial charge on any atom is -0.292 e. The zero-order valence-electron chi connectivity index (χ0n) is 14.6. The van der Waals surface area contributed by atoms with Gasteiger partial charge in [0, 0.05) is 12.8 Å². The molecule has 3 rings (SSSR count). The summed E-state index contributed by atoms with van der Waals surface area (Å²) in [7, 11) is 0. The van der Waals surface area contributed by atoms with E-state index in [9.17, 15) is 9.59 Å². The van der Waals surface area contributed by atoms with Crippen LogP contribution in [-0.2, 0) is 12.8 Å². The molecule has 3 aromatic rings. The van der Waals surface area contributed by atoms with Gasteiger partial charge in [0.1, 0.15) is 11.4 Å². The van der Waals surface area contributed by atoms with Crippen LogP contribution in [0.25, 0.3) is 0 Å². The van der Waals surface area contributed by atoms with Gasteiger partial charge in [-0.3, -0.25) is 9.59 Å². The van der Waals surface area contributed by atoms with Gasteiger partial charge in [-0.1, -0.05) is 66.7 Å². The lowest BCUT2D eigenvalue weighted by molar-refractivity contribution is 0.0974. The van der Waals surface area contributed by atoms with Crippen molar-refractivity contribution in [2.75, 3.05) is 0 Å². The Hall–Kier alpha value is -3.07. The number of hydrogen-bond donors (Lipinski definition) is 0. The largest absolute Gasteiger partial charge is 0.292 e. The smallest absolute Gasteiger partial charge is 0.181 e. The van der Waals surface area contributed by atoms with Crippen LogP contribution in [0, 0.1) is 0 Å². The summed E-state index contributed by atoms with van der Waals surface area (Å²) in [5.74, 6) is -0.0712. The molecule has 2 aromatic carbocycles. The molecule has 0 saturated heterocycles. The van der Waals surface area contributed by atoms with Crippen molar-refractivity contribution in [2.24, 2.45) is 0 Å². The van der Waals surface area contributed by atoms with Crippen LogP contribution in [0.5, 0.6) is 0 Å². The lowest BCUT2D eigenvalue weighted by atomic mass is 10.0. The van der Waals surface area contributed by atoms with Gasteiger partial charge < -0.3 is 0 Å². The van der Waals surface area contributed by atoms with Crippen molar-refractivity contribution in [1.29, 1.82) is 0 Å². The molecule has 0 aliphatic rings. The standard InChI is InChI=1S/C23H21NO2/c25-22(16-14-18-8-3-1-4-9-18)20-12-7-13-21(24-20)23(26)17-15-19-10-5-2-6-11-19/h1-13H,14-17H2. The van der Waals surface area contributed by atoms with Gasteiger partial charge in [0.05, 0.1) is 0 Å². The Bertz CT molecular complexity index is 802. The Morgan fingerprint density at radius 1 is 0.577 bits per heavy atom. The number of rotatable bonds is 8. The Balaban J connectivity index is 1.60. The van der Waals surface area contributed by atoms with E-state index in [4.69, 9.17) is 0 Å². The summed E-state index contributed by atoms with van der Waals surface area (Å²) < 4.78 is 0. The van der Waals surface area contributed by atoms with Gasteiger partial charge in [0.25, 0.3) is 0 Å². The van der Waals surface area contributed by atoms with Crippen LogP contribution < -0.4 is 0 Å². The third kappa shape index (κ3) is 4.96. The highest BCUT2D eigenvalue weighted by Gasteiger charge is 2.12. The molecular weight excluding hydrogens is 322 g/mol. The van der Waals surface area contributed by atoms with Crippen molar-refractivity contribution in [3.05, 3.63) is 101 Å². The van der Waals surface area contributed by atoms with Crippen LogP contribution in [0.2, 0.25) is 0 Å². The molecule has 0 atom stereocenters. The molecule has 3 nitrogen and oxygen atoms in total. The maximum atomic E-state index is 12.4. The van der Waals surface area contributed by atoms with Gasteiger partial charge in [-0.2, -0.15) is 0 Å². The molecule has 1 heterocycles. The molecule has 0 amide bonds. The normalized spacial score (nSPS) is 10.5. The Labute approximate surface area is 153 Å². The molecule has 0 N–H and O–H groups in total. The van der Waals surface area contributed by atoms with Crippen LogP contribution in [0.4, 0.5) is 0 Å². The highest BCUT2D eigenvalue weighted by atomic mass is 16.1. The number of Topliss-reactive ketones (excluding diaryl/α,β-unsaturated/α-hetero) is 2. The Morgan fingerprint density at radius 3 is 1.42 bits per heavy atom. The van der Waals surface area contributed by atoms with Crippen LogP contribution in [0.15, 0.2) is 78.9 Å². The molecule has 0 spiro atoms. The van der Waals surface area contributed by atoms with E-state index in [-0.39, 0.29) is 11.6 Å². The summed E-state index contributed by atoms with van der Waals surface area (Å²) in [5, 5.41) is 0. The van der Waals surface area contributed by atoms with E-state index >= 15 is 0 Å². The molecule has 1 aromatic heterocycles. The number of benzene rings is 2. The number of pyridine rings is 1. The van der Waals surface area contributed by atoms with E-state index in [0.717, 1.165) is 11.1 Å². The molecule has 0 radical (unpaired) electrons. The second-order valence-corrected chi connectivity index (χ2v) is 6.23. The average Bonchev–Trinajstić information content (AvgIpc) is 2.72. The number of hydrogen-bond acceptors (Lipinski definition) is 3. The molecule has 130 valence electrons. The Morgan fingerprint density at radius 2 is 1.00 bits per heavy atom. The average molecular weight is 343 g/mol. The zero-order valence-corrected chi connectivity index (χ0v) is 14.6. The first-order chi connectivity index (χ1) is 12.7. The second-order valence-electron chi connectivity index (χ2n) is 6.23. The van der Waals surface area contributed by atoms with Gasteiger partial charge in [-0.05, 0) is 36.1 Å². The molecular formula is C23H21NO2. The van der Waals surface area contributed by atoms with Crippen molar-refractivity contribution >= 4 is 11.6 Å². The lowest BCUT2D eigenvalue weighted by Gasteiger charge is -2.05. The summed E-state index contributed by atoms with van der Waals surface area (Å²) in [6.45, 7) is 0. The number of ketones is 2. The van der Waals surface area contributed by atoms with E-state index in [1.54, 1.807) is 18.2 Å². The highest BCUT2D eigenvalue weighted by molar-refractivity contribution is 5.98. The SMILES string of the molecule is O=C(CCc1ccccc1)c1cccc(C(=O)CCc2ccccc2)n1. The topological polar surface area (TPSA) is 47.0 Å². The zero-order chi connectivity index (χ0) is 18.2. The van der Waals surface area contributed by atoms with Crippen LogP contribution >= 0.6 is 0 Å². The summed E-state index contributed by atoms with van der Waals surface area (Å²) in [5.41, 5.74) is 2.98. The fraction of sp³-hybridized carbons (Fsp3) is 0.174. The molecule has 0 aliphatic carbocycles. The molecule has 0 unspecified atom stereocenters. The minimum absolute atomic E-state index is 0.0356. The van der Waals surface area contributed by atoms with Crippen LogP contribution in [0.1, 0.15) is 44.9 Å². The first-order valence-electron chi connectivity index (χ1n) is 8.84. The van der Waals surface area contributed by atoms with Gasteiger partial charge in [0.2, 0.25) is 0 Å². The predicted octanol–water partition coefficient (Wildman–Crippen LogP) is 4.71. The van der Waals surface area contributed by atoms with Gasteiger partial charge in [-0.15, -0.1) is 0 Å². The van der Waals surface area contributed by atoms with Crippen molar-refractivity contribution < 1.29 is 9.59 Å². The third-order valence-corrected chi connectivity index (χ3v) is 4.29. The van der Waals surface area contributed by atoms with E-state index in [2.05, 4.69) is 4.98 Å². The monoisotopic (exact) mass is 343 g/mol. The number of carbonyl (C=O) groups excluding carboxylic acids is 2. The summed E-state index contributed by atoms with van der Waals surface area (Å²) >= 11 is 0.